The van der Waals surface area contributed by atoms with Crippen LogP contribution in [0.15, 0.2) is 54.6 Å². The third-order valence-corrected chi connectivity index (χ3v) is 5.51. The quantitative estimate of drug-likeness (QED) is 0.703. The van der Waals surface area contributed by atoms with E-state index in [2.05, 4.69) is 28.1 Å². The highest BCUT2D eigenvalue weighted by atomic mass is 35.5. The average molecular weight is 411 g/mol. The number of H-pyrrole nitrogens is 1. The number of halogens is 1. The van der Waals surface area contributed by atoms with E-state index in [4.69, 9.17) is 16.3 Å². The Hall–Kier alpha value is -2.99. The number of hydrogen-bond donors (Lipinski definition) is 1. The van der Waals surface area contributed by atoms with E-state index in [0.29, 0.717) is 17.3 Å². The summed E-state index contributed by atoms with van der Waals surface area (Å²) >= 11 is 5.95. The largest absolute Gasteiger partial charge is 0.495 e. The Morgan fingerprint density at radius 3 is 2.66 bits per heavy atom. The van der Waals surface area contributed by atoms with Gasteiger partial charge in [0.05, 0.1) is 18.5 Å². The molecule has 1 saturated heterocycles. The third kappa shape index (κ3) is 3.93. The van der Waals surface area contributed by atoms with Crippen molar-refractivity contribution in [1.29, 1.82) is 0 Å². The normalized spacial score (nSPS) is 16.7. The minimum atomic E-state index is -0.0371. The first-order valence-corrected chi connectivity index (χ1v) is 9.95. The first kappa shape index (κ1) is 19.3. The van der Waals surface area contributed by atoms with Crippen LogP contribution in [-0.4, -0.2) is 53.8 Å². The highest BCUT2D eigenvalue weighted by Gasteiger charge is 2.30. The van der Waals surface area contributed by atoms with Crippen LogP contribution in [0.3, 0.4) is 0 Å². The van der Waals surface area contributed by atoms with Crippen molar-refractivity contribution in [3.8, 4) is 17.0 Å². The average Bonchev–Trinajstić information content (AvgIpc) is 3.24. The molecule has 1 aromatic heterocycles. The van der Waals surface area contributed by atoms with Crippen LogP contribution in [0, 0.1) is 0 Å². The summed E-state index contributed by atoms with van der Waals surface area (Å²) < 4.78 is 5.49. The van der Waals surface area contributed by atoms with Crippen molar-refractivity contribution in [3.63, 3.8) is 0 Å². The van der Waals surface area contributed by atoms with Gasteiger partial charge in [0.1, 0.15) is 11.4 Å². The van der Waals surface area contributed by atoms with E-state index in [1.807, 2.05) is 47.4 Å². The predicted octanol–water partition coefficient (Wildman–Crippen LogP) is 4.09. The number of amides is 1. The van der Waals surface area contributed by atoms with Crippen molar-refractivity contribution in [1.82, 2.24) is 15.1 Å². The smallest absolute Gasteiger partial charge is 0.272 e. The lowest BCUT2D eigenvalue weighted by atomic mass is 10.1. The maximum absolute atomic E-state index is 13.1. The van der Waals surface area contributed by atoms with E-state index in [-0.39, 0.29) is 11.9 Å². The van der Waals surface area contributed by atoms with Gasteiger partial charge >= 0.3 is 0 Å². The highest BCUT2D eigenvalue weighted by molar-refractivity contribution is 6.30. The monoisotopic (exact) mass is 410 g/mol. The summed E-state index contributed by atoms with van der Waals surface area (Å²) in [5, 5.41) is 7.86. The number of aromatic amines is 1. The standard InChI is InChI=1S/C22H23ClN4O2/c1-15-14-26(20-5-3-4-6-21(20)29-2)11-12-27(15)22(28)19-13-18(24-25-19)16-7-9-17(23)10-8-16/h3-10,13,15H,11-12,14H2,1-2H3,(H,24,25)/t15-/m1/s1. The molecule has 0 saturated carbocycles. The van der Waals surface area contributed by atoms with Crippen molar-refractivity contribution >= 4 is 23.2 Å². The number of nitrogens with one attached hydrogen (secondary N) is 1. The molecule has 2 aromatic carbocycles. The van der Waals surface area contributed by atoms with E-state index < -0.39 is 0 Å². The van der Waals surface area contributed by atoms with Gasteiger partial charge < -0.3 is 14.5 Å². The number of piperazine rings is 1. The Morgan fingerprint density at radius 2 is 1.93 bits per heavy atom. The van der Waals surface area contributed by atoms with Crippen LogP contribution in [0.25, 0.3) is 11.3 Å². The third-order valence-electron chi connectivity index (χ3n) is 5.26. The van der Waals surface area contributed by atoms with Crippen LogP contribution in [0.2, 0.25) is 5.02 Å². The van der Waals surface area contributed by atoms with Crippen molar-refractivity contribution in [3.05, 3.63) is 65.3 Å². The predicted molar refractivity (Wildman–Crippen MR) is 115 cm³/mol. The Balaban J connectivity index is 1.47. The number of para-hydroxylation sites is 2. The van der Waals surface area contributed by atoms with Gasteiger partial charge in [-0.15, -0.1) is 0 Å². The van der Waals surface area contributed by atoms with Crippen LogP contribution >= 0.6 is 11.6 Å². The van der Waals surface area contributed by atoms with E-state index in [1.165, 1.54) is 0 Å². The molecule has 150 valence electrons. The number of methoxy groups -OCH3 is 1. The molecule has 0 unspecified atom stereocenters. The lowest BCUT2D eigenvalue weighted by molar-refractivity contribution is 0.0668. The molecule has 4 rings (SSSR count). The molecule has 1 aliphatic rings. The molecule has 3 aromatic rings. The number of hydrogen-bond acceptors (Lipinski definition) is 4. The van der Waals surface area contributed by atoms with E-state index in [9.17, 15) is 4.79 Å². The molecule has 29 heavy (non-hydrogen) atoms. The number of carbonyl (C=O) groups excluding carboxylic acids is 1. The fourth-order valence-electron chi connectivity index (χ4n) is 3.72. The molecule has 7 heteroatoms. The minimum absolute atomic E-state index is 0.0371. The molecule has 1 fully saturated rings. The van der Waals surface area contributed by atoms with Crippen molar-refractivity contribution in [2.45, 2.75) is 13.0 Å². The summed E-state index contributed by atoms with van der Waals surface area (Å²) in [5.41, 5.74) is 3.19. The van der Waals surface area contributed by atoms with E-state index in [0.717, 1.165) is 35.8 Å². The Morgan fingerprint density at radius 1 is 1.17 bits per heavy atom. The highest BCUT2D eigenvalue weighted by Crippen LogP contribution is 2.30. The fraction of sp³-hybridized carbons (Fsp3) is 0.273. The van der Waals surface area contributed by atoms with Crippen molar-refractivity contribution in [2.75, 3.05) is 31.6 Å². The van der Waals surface area contributed by atoms with Gasteiger partial charge in [-0.1, -0.05) is 35.9 Å². The number of aromatic nitrogens is 2. The van der Waals surface area contributed by atoms with Crippen molar-refractivity contribution < 1.29 is 9.53 Å². The zero-order valence-electron chi connectivity index (χ0n) is 16.4. The summed E-state index contributed by atoms with van der Waals surface area (Å²) in [7, 11) is 1.68. The lowest BCUT2D eigenvalue weighted by Gasteiger charge is -2.41. The van der Waals surface area contributed by atoms with Gasteiger partial charge in [-0.3, -0.25) is 9.89 Å². The lowest BCUT2D eigenvalue weighted by Crippen LogP contribution is -2.54. The molecule has 0 radical (unpaired) electrons. The molecule has 2 heterocycles. The topological polar surface area (TPSA) is 61.5 Å². The van der Waals surface area contributed by atoms with Crippen molar-refractivity contribution in [2.24, 2.45) is 0 Å². The molecule has 0 aliphatic carbocycles. The van der Waals surface area contributed by atoms with Gasteiger partial charge in [0.2, 0.25) is 0 Å². The zero-order chi connectivity index (χ0) is 20.4. The second kappa shape index (κ2) is 8.17. The SMILES string of the molecule is COc1ccccc1N1CCN(C(=O)c2cc(-c3ccc(Cl)cc3)n[nH]2)[C@H](C)C1. The molecule has 1 amide bonds. The molecule has 1 N–H and O–H groups in total. The second-order valence-electron chi connectivity index (χ2n) is 7.14. The number of carbonyl (C=O) groups is 1. The molecule has 0 bridgehead atoms. The Labute approximate surface area is 175 Å². The maximum Gasteiger partial charge on any atom is 0.272 e. The molecule has 0 spiro atoms. The summed E-state index contributed by atoms with van der Waals surface area (Å²) in [6.07, 6.45) is 0. The van der Waals surface area contributed by atoms with Gasteiger partial charge in [0.15, 0.2) is 0 Å². The van der Waals surface area contributed by atoms with Gasteiger partial charge in [-0.25, -0.2) is 0 Å². The van der Waals surface area contributed by atoms with Crippen LogP contribution in [0.4, 0.5) is 5.69 Å². The first-order valence-electron chi connectivity index (χ1n) is 9.57. The van der Waals surface area contributed by atoms with Crippen LogP contribution in [0.5, 0.6) is 5.75 Å². The summed E-state index contributed by atoms with van der Waals surface area (Å²) in [4.78, 5) is 17.2. The molecule has 1 atom stereocenters. The number of anilines is 1. The summed E-state index contributed by atoms with van der Waals surface area (Å²) in [6.45, 7) is 4.18. The number of benzene rings is 2. The van der Waals surface area contributed by atoms with Crippen LogP contribution in [0.1, 0.15) is 17.4 Å². The minimum Gasteiger partial charge on any atom is -0.495 e. The molecular weight excluding hydrogens is 388 g/mol. The Kier molecular flexibility index (Phi) is 5.45. The van der Waals surface area contributed by atoms with Crippen LogP contribution in [-0.2, 0) is 0 Å². The molecular formula is C22H23ClN4O2. The first-order chi connectivity index (χ1) is 14.1. The second-order valence-corrected chi connectivity index (χ2v) is 7.58. The maximum atomic E-state index is 13.1. The van der Waals surface area contributed by atoms with Gasteiger partial charge in [0.25, 0.3) is 5.91 Å². The van der Waals surface area contributed by atoms with Gasteiger partial charge in [-0.05, 0) is 37.3 Å². The van der Waals surface area contributed by atoms with Crippen LogP contribution < -0.4 is 9.64 Å². The van der Waals surface area contributed by atoms with Gasteiger partial charge in [0, 0.05) is 36.3 Å². The molecule has 6 nitrogen and oxygen atoms in total. The Bertz CT molecular complexity index is 1000. The number of rotatable bonds is 4. The van der Waals surface area contributed by atoms with E-state index >= 15 is 0 Å². The zero-order valence-corrected chi connectivity index (χ0v) is 17.2. The van der Waals surface area contributed by atoms with Gasteiger partial charge in [-0.2, -0.15) is 5.10 Å². The fourth-order valence-corrected chi connectivity index (χ4v) is 3.85. The van der Waals surface area contributed by atoms with E-state index in [1.54, 1.807) is 13.2 Å². The number of ether oxygens (including phenoxy) is 1. The molecule has 1 aliphatic heterocycles. The number of nitrogens with zero attached hydrogens (tertiary/aromatic N) is 3. The summed E-state index contributed by atoms with van der Waals surface area (Å²) in [6, 6.07) is 17.2. The summed E-state index contributed by atoms with van der Waals surface area (Å²) in [5.74, 6) is 0.811.